The van der Waals surface area contributed by atoms with E-state index in [-0.39, 0.29) is 22.7 Å². The summed E-state index contributed by atoms with van der Waals surface area (Å²) in [5.41, 5.74) is 0. The number of carbonyl (C=O) groups is 1. The molecule has 4 atom stereocenters. The minimum Gasteiger partial charge on any atom is -0.303 e. The lowest BCUT2D eigenvalue weighted by atomic mass is 9.91. The maximum atomic E-state index is 10.6. The van der Waals surface area contributed by atoms with Crippen molar-refractivity contribution in [1.29, 1.82) is 0 Å². The molecule has 0 radical (unpaired) electrons. The second-order valence-corrected chi connectivity index (χ2v) is 3.44. The molecule has 0 N–H and O–H groups in total. The summed E-state index contributed by atoms with van der Waals surface area (Å²) in [7, 11) is 0. The maximum Gasteiger partial charge on any atom is 0.229 e. The second-order valence-electron chi connectivity index (χ2n) is 3.44. The fourth-order valence-corrected chi connectivity index (χ4v) is 2.31. The third kappa shape index (κ3) is 0.807. The summed E-state index contributed by atoms with van der Waals surface area (Å²) in [4.78, 5) is 20.8. The van der Waals surface area contributed by atoms with E-state index in [4.69, 9.17) is 0 Å². The molecule has 0 amide bonds. The lowest BCUT2D eigenvalue weighted by Crippen LogP contribution is -2.33. The van der Waals surface area contributed by atoms with E-state index < -0.39 is 6.04 Å². The Kier molecular flexibility index (Phi) is 1.49. The van der Waals surface area contributed by atoms with E-state index in [0.717, 1.165) is 12.7 Å². The third-order valence-corrected chi connectivity index (χ3v) is 2.88. The van der Waals surface area contributed by atoms with Crippen LogP contribution in [-0.4, -0.2) is 17.3 Å². The first-order chi connectivity index (χ1) is 5.74. The molecule has 4 nitrogen and oxygen atoms in total. The molecule has 0 heterocycles. The predicted octanol–water partition coefficient (Wildman–Crippen LogP) is 0.653. The zero-order valence-corrected chi connectivity index (χ0v) is 6.42. The molecular weight excluding hydrogens is 158 g/mol. The summed E-state index contributed by atoms with van der Waals surface area (Å²) in [5.74, 6) is -0.252. The number of nitrogens with zero attached hydrogens (tertiary/aromatic N) is 1. The molecule has 1 fully saturated rings. The van der Waals surface area contributed by atoms with E-state index in [1.165, 1.54) is 0 Å². The summed E-state index contributed by atoms with van der Waals surface area (Å²) in [6, 6.07) is -0.655. The topological polar surface area (TPSA) is 60.2 Å². The van der Waals surface area contributed by atoms with E-state index in [1.54, 1.807) is 0 Å². The quantitative estimate of drug-likeness (QED) is 0.262. The van der Waals surface area contributed by atoms with E-state index in [9.17, 15) is 14.9 Å². The van der Waals surface area contributed by atoms with Crippen LogP contribution in [0.15, 0.2) is 12.2 Å². The van der Waals surface area contributed by atoms with Crippen LogP contribution in [0.2, 0.25) is 0 Å². The van der Waals surface area contributed by atoms with Gasteiger partial charge in [-0.3, -0.25) is 10.1 Å². The Balaban J connectivity index is 2.28. The normalized spacial score (nSPS) is 43.3. The summed E-state index contributed by atoms with van der Waals surface area (Å²) in [5, 5.41) is 10.6. The van der Waals surface area contributed by atoms with Gasteiger partial charge < -0.3 is 4.79 Å². The van der Waals surface area contributed by atoms with Crippen LogP contribution in [0.25, 0.3) is 0 Å². The fourth-order valence-electron chi connectivity index (χ4n) is 2.31. The summed E-state index contributed by atoms with van der Waals surface area (Å²) < 4.78 is 0. The fraction of sp³-hybridized carbons (Fsp3) is 0.625. The van der Waals surface area contributed by atoms with Gasteiger partial charge in [-0.1, -0.05) is 12.2 Å². The van der Waals surface area contributed by atoms with Gasteiger partial charge in [0, 0.05) is 10.8 Å². The highest BCUT2D eigenvalue weighted by molar-refractivity contribution is 5.57. The van der Waals surface area contributed by atoms with E-state index in [0.29, 0.717) is 0 Å². The van der Waals surface area contributed by atoms with Crippen molar-refractivity contribution < 1.29 is 9.72 Å². The first-order valence-corrected chi connectivity index (χ1v) is 4.01. The Bertz CT molecular complexity index is 261. The number of hydrogen-bond acceptors (Lipinski definition) is 3. The van der Waals surface area contributed by atoms with Crippen molar-refractivity contribution in [3.8, 4) is 0 Å². The van der Waals surface area contributed by atoms with Crippen LogP contribution in [0.3, 0.4) is 0 Å². The third-order valence-electron chi connectivity index (χ3n) is 2.88. The van der Waals surface area contributed by atoms with Crippen molar-refractivity contribution in [3.63, 3.8) is 0 Å². The zero-order chi connectivity index (χ0) is 8.72. The molecule has 4 heteroatoms. The lowest BCUT2D eigenvalue weighted by Gasteiger charge is -2.15. The molecule has 0 unspecified atom stereocenters. The predicted molar refractivity (Wildman–Crippen MR) is 41.1 cm³/mol. The van der Waals surface area contributed by atoms with Gasteiger partial charge in [0.1, 0.15) is 6.29 Å². The van der Waals surface area contributed by atoms with E-state index in [2.05, 4.69) is 0 Å². The van der Waals surface area contributed by atoms with E-state index >= 15 is 0 Å². The van der Waals surface area contributed by atoms with Crippen LogP contribution in [0.1, 0.15) is 6.42 Å². The minimum atomic E-state index is -0.655. The molecule has 2 bridgehead atoms. The number of fused-ring (bicyclic) bond motifs is 2. The first kappa shape index (κ1) is 7.46. The standard InChI is InChI=1S/C8H9NO3/c10-4-7-5-1-2-6(3-5)8(7)9(11)12/h1-2,4-8H,3H2/t5-,6+,7+,8+/m0/s1. The van der Waals surface area contributed by atoms with E-state index in [1.807, 2.05) is 12.2 Å². The van der Waals surface area contributed by atoms with Gasteiger partial charge in [-0.25, -0.2) is 0 Å². The van der Waals surface area contributed by atoms with Crippen molar-refractivity contribution in [1.82, 2.24) is 0 Å². The first-order valence-electron chi connectivity index (χ1n) is 4.01. The Morgan fingerprint density at radius 2 is 2.08 bits per heavy atom. The highest BCUT2D eigenvalue weighted by Crippen LogP contribution is 2.43. The van der Waals surface area contributed by atoms with Crippen LogP contribution in [-0.2, 0) is 4.79 Å². The molecule has 0 aliphatic heterocycles. The lowest BCUT2D eigenvalue weighted by molar-refractivity contribution is -0.532. The summed E-state index contributed by atoms with van der Waals surface area (Å²) in [6.07, 6.45) is 5.33. The molecule has 1 saturated carbocycles. The van der Waals surface area contributed by atoms with Gasteiger partial charge >= 0.3 is 0 Å². The van der Waals surface area contributed by atoms with Crippen molar-refractivity contribution in [3.05, 3.63) is 22.3 Å². The van der Waals surface area contributed by atoms with Crippen molar-refractivity contribution in [2.24, 2.45) is 17.8 Å². The maximum absolute atomic E-state index is 10.6. The Morgan fingerprint density at radius 1 is 1.42 bits per heavy atom. The van der Waals surface area contributed by atoms with Crippen LogP contribution in [0.4, 0.5) is 0 Å². The van der Waals surface area contributed by atoms with Gasteiger partial charge in [0.2, 0.25) is 6.04 Å². The molecule has 2 aliphatic carbocycles. The van der Waals surface area contributed by atoms with Crippen molar-refractivity contribution in [2.45, 2.75) is 12.5 Å². The number of hydrogen-bond donors (Lipinski definition) is 0. The SMILES string of the molecule is O=C[C@H]1[C@H]([N+](=O)[O-])[C@@H]2C=C[C@H]1C2. The largest absolute Gasteiger partial charge is 0.303 e. The molecule has 0 aromatic rings. The molecular formula is C8H9NO3. The van der Waals surface area contributed by atoms with Crippen LogP contribution in [0.5, 0.6) is 0 Å². The smallest absolute Gasteiger partial charge is 0.229 e. The zero-order valence-electron chi connectivity index (χ0n) is 6.42. The molecule has 0 spiro atoms. The van der Waals surface area contributed by atoms with Crippen LogP contribution >= 0.6 is 0 Å². The minimum absolute atomic E-state index is 0.000185. The molecule has 0 aromatic heterocycles. The highest BCUT2D eigenvalue weighted by atomic mass is 16.6. The van der Waals surface area contributed by atoms with Gasteiger partial charge in [-0.2, -0.15) is 0 Å². The van der Waals surface area contributed by atoms with Gasteiger partial charge in [0.15, 0.2) is 0 Å². The van der Waals surface area contributed by atoms with Gasteiger partial charge in [0.05, 0.1) is 5.92 Å². The molecule has 0 saturated heterocycles. The number of rotatable bonds is 2. The van der Waals surface area contributed by atoms with Crippen molar-refractivity contribution in [2.75, 3.05) is 0 Å². The second kappa shape index (κ2) is 2.40. The summed E-state index contributed by atoms with van der Waals surface area (Å²) >= 11 is 0. The molecule has 2 aliphatic rings. The molecule has 0 aromatic carbocycles. The summed E-state index contributed by atoms with van der Waals surface area (Å²) in [6.45, 7) is 0. The van der Waals surface area contributed by atoms with Gasteiger partial charge in [-0.05, 0) is 12.3 Å². The van der Waals surface area contributed by atoms with Gasteiger partial charge in [0.25, 0.3) is 0 Å². The average molecular weight is 167 g/mol. The number of allylic oxidation sites excluding steroid dienone is 1. The van der Waals surface area contributed by atoms with Crippen LogP contribution in [0, 0.1) is 27.9 Å². The highest BCUT2D eigenvalue weighted by Gasteiger charge is 2.51. The Hall–Kier alpha value is -1.19. The number of carbonyl (C=O) groups excluding carboxylic acids is 1. The van der Waals surface area contributed by atoms with Crippen molar-refractivity contribution >= 4 is 6.29 Å². The Labute approximate surface area is 69.4 Å². The number of aldehydes is 1. The Morgan fingerprint density at radius 3 is 2.58 bits per heavy atom. The molecule has 2 rings (SSSR count). The molecule has 64 valence electrons. The molecule has 12 heavy (non-hydrogen) atoms. The number of nitro groups is 1. The van der Waals surface area contributed by atoms with Crippen LogP contribution < -0.4 is 0 Å². The average Bonchev–Trinajstić information content (AvgIpc) is 2.60. The van der Waals surface area contributed by atoms with Gasteiger partial charge in [-0.15, -0.1) is 0 Å². The monoisotopic (exact) mass is 167 g/mol.